The average molecular weight is 377 g/mol. The second kappa shape index (κ2) is 7.14. The molecule has 7 nitrogen and oxygen atoms in total. The molecule has 5 rings (SSSR count). The highest BCUT2D eigenvalue weighted by Gasteiger charge is 2.15. The topological polar surface area (TPSA) is 85.5 Å². The summed E-state index contributed by atoms with van der Waals surface area (Å²) in [5.41, 5.74) is 3.48. The van der Waals surface area contributed by atoms with Crippen LogP contribution in [0.2, 0.25) is 0 Å². The maximum Gasteiger partial charge on any atom is 0.181 e. The molecule has 0 saturated carbocycles. The molecule has 2 aromatic heterocycles. The first-order chi connectivity index (χ1) is 13.8. The third kappa shape index (κ3) is 3.28. The van der Waals surface area contributed by atoms with Gasteiger partial charge in [0.25, 0.3) is 0 Å². The molecule has 1 fully saturated rings. The normalized spacial score (nSPS) is 15.3. The van der Waals surface area contributed by atoms with Gasteiger partial charge >= 0.3 is 0 Å². The van der Waals surface area contributed by atoms with Crippen molar-refractivity contribution in [2.45, 2.75) is 6.54 Å². The number of nitrogens with zero attached hydrogens (tertiary/aromatic N) is 4. The molecule has 0 spiro atoms. The number of hydrogen-bond acceptors (Lipinski definition) is 5. The lowest BCUT2D eigenvalue weighted by Gasteiger charge is -2.25. The second-order valence-corrected chi connectivity index (χ2v) is 6.97. The maximum absolute atomic E-state index is 13.2. The summed E-state index contributed by atoms with van der Waals surface area (Å²) in [6.07, 6.45) is 0. The number of piperazine rings is 1. The van der Waals surface area contributed by atoms with E-state index >= 15 is 0 Å². The molecule has 0 atom stereocenters. The number of rotatable bonds is 4. The molecule has 3 N–H and O–H groups in total. The van der Waals surface area contributed by atoms with Crippen molar-refractivity contribution in [1.82, 2.24) is 35.6 Å². The summed E-state index contributed by atoms with van der Waals surface area (Å²) < 4.78 is 13.2. The highest BCUT2D eigenvalue weighted by Crippen LogP contribution is 2.29. The molecule has 3 heterocycles. The zero-order valence-electron chi connectivity index (χ0n) is 15.2. The van der Waals surface area contributed by atoms with Crippen molar-refractivity contribution in [1.29, 1.82) is 0 Å². The van der Waals surface area contributed by atoms with Crippen molar-refractivity contribution in [2.24, 2.45) is 0 Å². The van der Waals surface area contributed by atoms with Gasteiger partial charge in [0.1, 0.15) is 11.6 Å². The average Bonchev–Trinajstić information content (AvgIpc) is 3.36. The van der Waals surface area contributed by atoms with E-state index in [0.29, 0.717) is 5.82 Å². The molecule has 0 amide bonds. The van der Waals surface area contributed by atoms with E-state index in [1.54, 1.807) is 12.1 Å². The van der Waals surface area contributed by atoms with Gasteiger partial charge in [0.2, 0.25) is 0 Å². The predicted molar refractivity (Wildman–Crippen MR) is 105 cm³/mol. The summed E-state index contributed by atoms with van der Waals surface area (Å²) >= 11 is 0. The fourth-order valence-corrected chi connectivity index (χ4v) is 3.56. The van der Waals surface area contributed by atoms with Gasteiger partial charge in [-0.25, -0.2) is 9.37 Å². The number of fused-ring (bicyclic) bond motifs is 1. The first kappa shape index (κ1) is 17.0. The van der Waals surface area contributed by atoms with Gasteiger partial charge in [-0.2, -0.15) is 10.2 Å². The molecule has 0 aliphatic carbocycles. The molecular weight excluding hydrogens is 357 g/mol. The van der Waals surface area contributed by atoms with E-state index in [4.69, 9.17) is 0 Å². The summed E-state index contributed by atoms with van der Waals surface area (Å²) in [6.45, 7) is 4.80. The third-order valence-corrected chi connectivity index (χ3v) is 5.05. The van der Waals surface area contributed by atoms with Gasteiger partial charge in [0.05, 0.1) is 17.8 Å². The third-order valence-electron chi connectivity index (χ3n) is 5.05. The standard InChI is InChI=1S/C20H20FN7/c21-15-4-1-13(2-5-15)19-16-11-14(3-6-17(16)24-26-19)20-23-18(25-27-20)12-28-9-7-22-8-10-28/h1-6,11,22H,7-10,12H2,(H,24,26)(H,23,25,27). The Morgan fingerprint density at radius 3 is 2.54 bits per heavy atom. The summed E-state index contributed by atoms with van der Waals surface area (Å²) in [5, 5.41) is 19.2. The van der Waals surface area contributed by atoms with E-state index in [9.17, 15) is 4.39 Å². The molecule has 1 aliphatic heterocycles. The monoisotopic (exact) mass is 377 g/mol. The maximum atomic E-state index is 13.2. The summed E-state index contributed by atoms with van der Waals surface area (Å²) in [5.74, 6) is 1.27. The van der Waals surface area contributed by atoms with E-state index in [0.717, 1.165) is 66.3 Å². The first-order valence-electron chi connectivity index (χ1n) is 9.35. The summed E-state index contributed by atoms with van der Waals surface area (Å²) in [7, 11) is 0. The first-order valence-corrected chi connectivity index (χ1v) is 9.35. The second-order valence-electron chi connectivity index (χ2n) is 6.97. The Labute approximate surface area is 161 Å². The van der Waals surface area contributed by atoms with E-state index in [-0.39, 0.29) is 5.82 Å². The van der Waals surface area contributed by atoms with Crippen molar-refractivity contribution in [3.63, 3.8) is 0 Å². The van der Waals surface area contributed by atoms with Gasteiger partial charge in [-0.3, -0.25) is 15.1 Å². The predicted octanol–water partition coefficient (Wildman–Crippen LogP) is 2.56. The number of aromatic amines is 2. The lowest BCUT2D eigenvalue weighted by molar-refractivity contribution is 0.228. The van der Waals surface area contributed by atoms with Gasteiger partial charge in [-0.15, -0.1) is 0 Å². The van der Waals surface area contributed by atoms with Crippen LogP contribution in [0.4, 0.5) is 4.39 Å². The Kier molecular flexibility index (Phi) is 4.34. The Balaban J connectivity index is 1.45. The number of aromatic nitrogens is 5. The van der Waals surface area contributed by atoms with Gasteiger partial charge in [-0.05, 0) is 42.5 Å². The van der Waals surface area contributed by atoms with Crippen molar-refractivity contribution >= 4 is 10.9 Å². The SMILES string of the molecule is Fc1ccc(-c2n[nH]c3ccc(-c4n[nH]c(CN5CCNCC5)n4)cc23)cc1. The molecule has 0 radical (unpaired) electrons. The van der Waals surface area contributed by atoms with Crippen molar-refractivity contribution in [3.8, 4) is 22.6 Å². The minimum atomic E-state index is -0.262. The Bertz CT molecular complexity index is 1090. The van der Waals surface area contributed by atoms with E-state index in [1.807, 2.05) is 18.2 Å². The van der Waals surface area contributed by atoms with Crippen LogP contribution in [0.1, 0.15) is 5.82 Å². The molecule has 4 aromatic rings. The highest BCUT2D eigenvalue weighted by molar-refractivity contribution is 5.95. The highest BCUT2D eigenvalue weighted by atomic mass is 19.1. The smallest absolute Gasteiger partial charge is 0.181 e. The van der Waals surface area contributed by atoms with Gasteiger partial charge in [0, 0.05) is 42.7 Å². The van der Waals surface area contributed by atoms with E-state index < -0.39 is 0 Å². The lowest BCUT2D eigenvalue weighted by atomic mass is 10.1. The molecule has 1 aliphatic rings. The molecule has 2 aromatic carbocycles. The minimum absolute atomic E-state index is 0.262. The quantitative estimate of drug-likeness (QED) is 0.509. The van der Waals surface area contributed by atoms with Gasteiger partial charge in [0.15, 0.2) is 5.82 Å². The van der Waals surface area contributed by atoms with Crippen molar-refractivity contribution in [2.75, 3.05) is 26.2 Å². The van der Waals surface area contributed by atoms with Crippen LogP contribution in [0.25, 0.3) is 33.5 Å². The van der Waals surface area contributed by atoms with Gasteiger partial charge in [-0.1, -0.05) is 0 Å². The molecule has 142 valence electrons. The molecule has 28 heavy (non-hydrogen) atoms. The molecular formula is C20H20FN7. The fraction of sp³-hybridized carbons (Fsp3) is 0.250. The number of nitrogens with one attached hydrogen (secondary N) is 3. The Morgan fingerprint density at radius 2 is 1.71 bits per heavy atom. The van der Waals surface area contributed by atoms with Crippen molar-refractivity contribution < 1.29 is 4.39 Å². The van der Waals surface area contributed by atoms with Crippen LogP contribution in [0.3, 0.4) is 0 Å². The molecule has 1 saturated heterocycles. The van der Waals surface area contributed by atoms with Crippen LogP contribution in [0.5, 0.6) is 0 Å². The number of hydrogen-bond donors (Lipinski definition) is 3. The van der Waals surface area contributed by atoms with Crippen LogP contribution in [-0.4, -0.2) is 56.5 Å². The number of halogens is 1. The van der Waals surface area contributed by atoms with Crippen LogP contribution < -0.4 is 5.32 Å². The fourth-order valence-electron chi connectivity index (χ4n) is 3.56. The largest absolute Gasteiger partial charge is 0.314 e. The summed E-state index contributed by atoms with van der Waals surface area (Å²) in [6, 6.07) is 12.3. The Hall–Kier alpha value is -3.10. The van der Waals surface area contributed by atoms with E-state index in [1.165, 1.54) is 12.1 Å². The van der Waals surface area contributed by atoms with Crippen molar-refractivity contribution in [3.05, 3.63) is 54.1 Å². The van der Waals surface area contributed by atoms with E-state index in [2.05, 4.69) is 35.6 Å². The number of benzene rings is 2. The Morgan fingerprint density at radius 1 is 0.929 bits per heavy atom. The molecule has 8 heteroatoms. The number of H-pyrrole nitrogens is 2. The van der Waals surface area contributed by atoms with Crippen LogP contribution in [0.15, 0.2) is 42.5 Å². The zero-order chi connectivity index (χ0) is 18.9. The lowest BCUT2D eigenvalue weighted by Crippen LogP contribution is -2.43. The summed E-state index contributed by atoms with van der Waals surface area (Å²) in [4.78, 5) is 7.02. The van der Waals surface area contributed by atoms with Gasteiger partial charge < -0.3 is 5.32 Å². The molecule has 0 unspecified atom stereocenters. The van der Waals surface area contributed by atoms with Crippen LogP contribution >= 0.6 is 0 Å². The molecule has 0 bridgehead atoms. The van der Waals surface area contributed by atoms with Crippen LogP contribution in [0, 0.1) is 5.82 Å². The van der Waals surface area contributed by atoms with Crippen LogP contribution in [-0.2, 0) is 6.54 Å². The minimum Gasteiger partial charge on any atom is -0.314 e. The zero-order valence-corrected chi connectivity index (χ0v) is 15.2.